The fourth-order valence-corrected chi connectivity index (χ4v) is 3.47. The lowest BCUT2D eigenvalue weighted by Gasteiger charge is -2.36. The zero-order chi connectivity index (χ0) is 19.4. The quantitative estimate of drug-likeness (QED) is 0.581. The number of piperazine rings is 1. The Morgan fingerprint density at radius 1 is 1.33 bits per heavy atom. The molecule has 0 bridgehead atoms. The zero-order valence-electron chi connectivity index (χ0n) is 16.1. The number of furan rings is 1. The highest BCUT2D eigenvalue weighted by molar-refractivity contribution is 9.10. The van der Waals surface area contributed by atoms with Gasteiger partial charge in [0.2, 0.25) is 11.8 Å². The molecule has 0 saturated carbocycles. The van der Waals surface area contributed by atoms with Crippen molar-refractivity contribution in [3.8, 4) is 5.88 Å². The molecule has 0 atom stereocenters. The van der Waals surface area contributed by atoms with Gasteiger partial charge in [-0.15, -0.1) is 0 Å². The smallest absolute Gasteiger partial charge is 0.232 e. The lowest BCUT2D eigenvalue weighted by Crippen LogP contribution is -2.52. The lowest BCUT2D eigenvalue weighted by atomic mass is 10.2. The van der Waals surface area contributed by atoms with Gasteiger partial charge in [0.05, 0.1) is 17.8 Å². The van der Waals surface area contributed by atoms with Gasteiger partial charge in [-0.05, 0) is 35.8 Å². The van der Waals surface area contributed by atoms with Gasteiger partial charge in [0.1, 0.15) is 11.5 Å². The van der Waals surface area contributed by atoms with E-state index in [-0.39, 0.29) is 0 Å². The molecule has 0 amide bonds. The number of halogens is 1. The second kappa shape index (κ2) is 8.60. The van der Waals surface area contributed by atoms with Crippen LogP contribution in [0.1, 0.15) is 17.1 Å². The van der Waals surface area contributed by atoms with E-state index in [9.17, 15) is 0 Å². The molecule has 3 rings (SSSR count). The summed E-state index contributed by atoms with van der Waals surface area (Å²) in [6.45, 7) is 7.95. The first-order chi connectivity index (χ1) is 13.0. The van der Waals surface area contributed by atoms with Crippen LogP contribution >= 0.6 is 15.9 Å². The Morgan fingerprint density at radius 2 is 2.07 bits per heavy atom. The Morgan fingerprint density at radius 3 is 2.67 bits per heavy atom. The number of ether oxygens (including phenoxy) is 1. The Hall–Kier alpha value is -2.29. The molecule has 0 aromatic carbocycles. The second-order valence-electron chi connectivity index (χ2n) is 6.34. The van der Waals surface area contributed by atoms with Crippen molar-refractivity contribution in [2.24, 2.45) is 4.99 Å². The summed E-state index contributed by atoms with van der Waals surface area (Å²) in [6, 6.07) is 2.06. The van der Waals surface area contributed by atoms with Crippen LogP contribution in [0.2, 0.25) is 0 Å². The highest BCUT2D eigenvalue weighted by Crippen LogP contribution is 2.24. The van der Waals surface area contributed by atoms with Crippen LogP contribution in [0.25, 0.3) is 0 Å². The predicted octanol–water partition coefficient (Wildman–Crippen LogP) is 2.36. The highest BCUT2D eigenvalue weighted by atomic mass is 79.9. The molecule has 0 radical (unpaired) electrons. The van der Waals surface area contributed by atoms with E-state index in [1.165, 1.54) is 0 Å². The molecule has 146 valence electrons. The number of methoxy groups -OCH3 is 1. The van der Waals surface area contributed by atoms with Crippen LogP contribution in [0.15, 0.2) is 26.1 Å². The summed E-state index contributed by atoms with van der Waals surface area (Å²) in [4.78, 5) is 17.7. The third kappa shape index (κ3) is 4.52. The average Bonchev–Trinajstić information content (AvgIpc) is 3.00. The fourth-order valence-electron chi connectivity index (χ4n) is 3.12. The lowest BCUT2D eigenvalue weighted by molar-refractivity contribution is 0.366. The summed E-state index contributed by atoms with van der Waals surface area (Å²) in [7, 11) is 3.42. The minimum Gasteiger partial charge on any atom is -0.480 e. The van der Waals surface area contributed by atoms with Gasteiger partial charge in [-0.2, -0.15) is 4.98 Å². The third-order valence-electron chi connectivity index (χ3n) is 4.55. The molecule has 9 heteroatoms. The summed E-state index contributed by atoms with van der Waals surface area (Å²) in [5, 5.41) is 3.43. The summed E-state index contributed by atoms with van der Waals surface area (Å²) >= 11 is 3.39. The molecule has 8 nitrogen and oxygen atoms in total. The molecular formula is C18H25BrN6O2. The Labute approximate surface area is 167 Å². The van der Waals surface area contributed by atoms with E-state index in [4.69, 9.17) is 9.15 Å². The van der Waals surface area contributed by atoms with Gasteiger partial charge in [-0.1, -0.05) is 0 Å². The predicted molar refractivity (Wildman–Crippen MR) is 108 cm³/mol. The maximum atomic E-state index is 5.59. The maximum absolute atomic E-state index is 5.59. The minimum absolute atomic E-state index is 0.547. The molecule has 1 saturated heterocycles. The maximum Gasteiger partial charge on any atom is 0.232 e. The summed E-state index contributed by atoms with van der Waals surface area (Å²) in [5.41, 5.74) is 1.16. The standard InChI is InChI=1S/C18H25BrN6O2/c1-12-9-14(13(2)27-12)10-21-17(20-3)24-5-7-25(8-6-24)18-22-11-15(19)16(23-18)26-4/h9,11H,5-8,10H2,1-4H3,(H,20,21). The van der Waals surface area contributed by atoms with Crippen LogP contribution < -0.4 is 15.0 Å². The van der Waals surface area contributed by atoms with E-state index in [1.54, 1.807) is 13.3 Å². The van der Waals surface area contributed by atoms with E-state index < -0.39 is 0 Å². The van der Waals surface area contributed by atoms with Gasteiger partial charge in [-0.3, -0.25) is 4.99 Å². The molecular weight excluding hydrogens is 412 g/mol. The first-order valence-corrected chi connectivity index (χ1v) is 9.64. The normalized spacial score (nSPS) is 15.2. The molecule has 3 heterocycles. The Kier molecular flexibility index (Phi) is 6.20. The molecule has 1 fully saturated rings. The fraction of sp³-hybridized carbons (Fsp3) is 0.500. The van der Waals surface area contributed by atoms with Crippen molar-refractivity contribution in [1.82, 2.24) is 20.2 Å². The van der Waals surface area contributed by atoms with Crippen molar-refractivity contribution < 1.29 is 9.15 Å². The third-order valence-corrected chi connectivity index (χ3v) is 5.09. The number of hydrogen-bond donors (Lipinski definition) is 1. The second-order valence-corrected chi connectivity index (χ2v) is 7.19. The molecule has 2 aromatic heterocycles. The molecule has 0 unspecified atom stereocenters. The van der Waals surface area contributed by atoms with Crippen LogP contribution in [-0.4, -0.2) is 61.2 Å². The number of rotatable bonds is 4. The molecule has 0 aliphatic carbocycles. The molecule has 1 aliphatic rings. The Bertz CT molecular complexity index is 814. The highest BCUT2D eigenvalue weighted by Gasteiger charge is 2.22. The van der Waals surface area contributed by atoms with Gasteiger partial charge in [0, 0.05) is 45.3 Å². The van der Waals surface area contributed by atoms with Crippen molar-refractivity contribution >= 4 is 27.8 Å². The summed E-state index contributed by atoms with van der Waals surface area (Å²) < 4.78 is 11.6. The first kappa shape index (κ1) is 19.5. The van der Waals surface area contributed by atoms with E-state index in [0.717, 1.165) is 53.7 Å². The van der Waals surface area contributed by atoms with Crippen LogP contribution in [-0.2, 0) is 6.54 Å². The largest absolute Gasteiger partial charge is 0.480 e. The van der Waals surface area contributed by atoms with Gasteiger partial charge in [-0.25, -0.2) is 4.98 Å². The van der Waals surface area contributed by atoms with E-state index in [1.807, 2.05) is 20.9 Å². The van der Waals surface area contributed by atoms with Gasteiger partial charge >= 0.3 is 0 Å². The monoisotopic (exact) mass is 436 g/mol. The van der Waals surface area contributed by atoms with Crippen LogP contribution in [0.3, 0.4) is 0 Å². The molecule has 1 aliphatic heterocycles. The molecule has 2 aromatic rings. The van der Waals surface area contributed by atoms with Crippen molar-refractivity contribution in [3.05, 3.63) is 33.8 Å². The number of aliphatic imine (C=N–C) groups is 1. The van der Waals surface area contributed by atoms with Gasteiger partial charge in [0.15, 0.2) is 5.96 Å². The van der Waals surface area contributed by atoms with E-state index in [2.05, 4.69) is 52.1 Å². The Balaban J connectivity index is 1.58. The van der Waals surface area contributed by atoms with Crippen LogP contribution in [0, 0.1) is 13.8 Å². The van der Waals surface area contributed by atoms with E-state index in [0.29, 0.717) is 18.4 Å². The van der Waals surface area contributed by atoms with Crippen molar-refractivity contribution in [3.63, 3.8) is 0 Å². The number of guanidine groups is 1. The van der Waals surface area contributed by atoms with Crippen molar-refractivity contribution in [1.29, 1.82) is 0 Å². The first-order valence-electron chi connectivity index (χ1n) is 8.84. The summed E-state index contributed by atoms with van der Waals surface area (Å²) in [5.74, 6) is 3.99. The summed E-state index contributed by atoms with van der Waals surface area (Å²) in [6.07, 6.45) is 1.73. The number of aryl methyl sites for hydroxylation is 2. The number of nitrogens with zero attached hydrogens (tertiary/aromatic N) is 5. The zero-order valence-corrected chi connectivity index (χ0v) is 17.7. The van der Waals surface area contributed by atoms with Crippen molar-refractivity contribution in [2.75, 3.05) is 45.2 Å². The number of aromatic nitrogens is 2. The molecule has 1 N–H and O–H groups in total. The van der Waals surface area contributed by atoms with Crippen LogP contribution in [0.5, 0.6) is 5.88 Å². The van der Waals surface area contributed by atoms with E-state index >= 15 is 0 Å². The molecule has 27 heavy (non-hydrogen) atoms. The van der Waals surface area contributed by atoms with Crippen LogP contribution in [0.4, 0.5) is 5.95 Å². The molecule has 0 spiro atoms. The number of anilines is 1. The minimum atomic E-state index is 0.547. The number of nitrogens with one attached hydrogen (secondary N) is 1. The number of hydrogen-bond acceptors (Lipinski definition) is 6. The van der Waals surface area contributed by atoms with Gasteiger partial charge < -0.3 is 24.3 Å². The van der Waals surface area contributed by atoms with Gasteiger partial charge in [0.25, 0.3) is 0 Å². The topological polar surface area (TPSA) is 79.0 Å². The average molecular weight is 437 g/mol. The SMILES string of the molecule is CN=C(NCc1cc(C)oc1C)N1CCN(c2ncc(Br)c(OC)n2)CC1. The van der Waals surface area contributed by atoms with Crippen molar-refractivity contribution in [2.45, 2.75) is 20.4 Å².